The molecule has 1 aromatic rings. The van der Waals surface area contributed by atoms with Crippen molar-refractivity contribution in [1.82, 2.24) is 9.80 Å². The lowest BCUT2D eigenvalue weighted by molar-refractivity contribution is -0.119. The Bertz CT molecular complexity index is 428. The van der Waals surface area contributed by atoms with Crippen molar-refractivity contribution in [3.05, 3.63) is 34.9 Å². The molecule has 1 aliphatic rings. The Kier molecular flexibility index (Phi) is 3.64. The summed E-state index contributed by atoms with van der Waals surface area (Å²) in [6, 6.07) is 7.01. The number of hydrogen-bond donors (Lipinski definition) is 0. The van der Waals surface area contributed by atoms with Gasteiger partial charge in [-0.15, -0.1) is 0 Å². The maximum absolute atomic E-state index is 12.2. The molecule has 0 atom stereocenters. The fourth-order valence-corrected chi connectivity index (χ4v) is 2.05. The first-order valence-corrected chi connectivity index (χ1v) is 5.83. The molecule has 0 N–H and O–H groups in total. The van der Waals surface area contributed by atoms with Crippen LogP contribution in [0.5, 0.6) is 0 Å². The highest BCUT2D eigenvalue weighted by molar-refractivity contribution is 6.33. The van der Waals surface area contributed by atoms with Gasteiger partial charge >= 0.3 is 0 Å². The molecule has 1 aliphatic heterocycles. The van der Waals surface area contributed by atoms with E-state index < -0.39 is 0 Å². The van der Waals surface area contributed by atoms with Crippen LogP contribution in [0.4, 0.5) is 0 Å². The molecule has 90 valence electrons. The molecule has 1 aromatic carbocycles. The number of nitrogens with zero attached hydrogens (tertiary/aromatic N) is 2. The Hall–Kier alpha value is -1.55. The molecule has 4 nitrogen and oxygen atoms in total. The van der Waals surface area contributed by atoms with Crippen LogP contribution in [-0.2, 0) is 4.79 Å². The molecule has 5 heteroatoms. The van der Waals surface area contributed by atoms with Crippen LogP contribution < -0.4 is 0 Å². The second kappa shape index (κ2) is 5.19. The topological polar surface area (TPSA) is 40.6 Å². The highest BCUT2D eigenvalue weighted by Gasteiger charge is 2.22. The van der Waals surface area contributed by atoms with Crippen LogP contribution in [-0.4, -0.2) is 48.3 Å². The van der Waals surface area contributed by atoms with E-state index in [4.69, 9.17) is 11.6 Å². The number of piperazine rings is 1. The van der Waals surface area contributed by atoms with Gasteiger partial charge in [0, 0.05) is 26.2 Å². The van der Waals surface area contributed by atoms with E-state index in [0.717, 1.165) is 6.41 Å². The molecule has 0 aliphatic carbocycles. The number of hydrogen-bond acceptors (Lipinski definition) is 2. The fraction of sp³-hybridized carbons (Fsp3) is 0.333. The highest BCUT2D eigenvalue weighted by atomic mass is 35.5. The first kappa shape index (κ1) is 11.9. The summed E-state index contributed by atoms with van der Waals surface area (Å²) in [4.78, 5) is 26.1. The van der Waals surface area contributed by atoms with E-state index in [1.807, 2.05) is 0 Å². The van der Waals surface area contributed by atoms with Gasteiger partial charge in [0.2, 0.25) is 6.41 Å². The summed E-state index contributed by atoms with van der Waals surface area (Å²) < 4.78 is 0. The summed E-state index contributed by atoms with van der Waals surface area (Å²) in [5, 5.41) is 0.468. The van der Waals surface area contributed by atoms with Crippen LogP contribution in [0.2, 0.25) is 5.02 Å². The van der Waals surface area contributed by atoms with E-state index in [2.05, 4.69) is 0 Å². The van der Waals surface area contributed by atoms with Crippen LogP contribution in [0.1, 0.15) is 10.4 Å². The van der Waals surface area contributed by atoms with E-state index in [0.29, 0.717) is 36.8 Å². The third-order valence-electron chi connectivity index (χ3n) is 2.85. The first-order chi connectivity index (χ1) is 8.22. The zero-order valence-corrected chi connectivity index (χ0v) is 10.1. The highest BCUT2D eigenvalue weighted by Crippen LogP contribution is 2.17. The number of halogens is 1. The average Bonchev–Trinajstić information content (AvgIpc) is 2.39. The summed E-state index contributed by atoms with van der Waals surface area (Å²) in [7, 11) is 0. The molecule has 0 bridgehead atoms. The molecule has 1 heterocycles. The quantitative estimate of drug-likeness (QED) is 0.744. The zero-order valence-electron chi connectivity index (χ0n) is 9.30. The van der Waals surface area contributed by atoms with Gasteiger partial charge in [0.1, 0.15) is 0 Å². The minimum atomic E-state index is -0.0684. The molecule has 1 fully saturated rings. The lowest BCUT2D eigenvalue weighted by atomic mass is 10.2. The van der Waals surface area contributed by atoms with E-state index in [1.54, 1.807) is 34.1 Å². The van der Waals surface area contributed by atoms with Gasteiger partial charge in [-0.1, -0.05) is 23.7 Å². The molecule has 0 saturated carbocycles. The molecule has 0 radical (unpaired) electrons. The van der Waals surface area contributed by atoms with Crippen LogP contribution in [0, 0.1) is 0 Å². The number of carbonyl (C=O) groups is 2. The fourth-order valence-electron chi connectivity index (χ4n) is 1.84. The van der Waals surface area contributed by atoms with Gasteiger partial charge < -0.3 is 9.80 Å². The van der Waals surface area contributed by atoms with E-state index in [9.17, 15) is 9.59 Å². The minimum Gasteiger partial charge on any atom is -0.342 e. The lowest BCUT2D eigenvalue weighted by Gasteiger charge is -2.32. The first-order valence-electron chi connectivity index (χ1n) is 5.45. The second-order valence-electron chi connectivity index (χ2n) is 3.91. The Balaban J connectivity index is 2.07. The van der Waals surface area contributed by atoms with Gasteiger partial charge in [-0.2, -0.15) is 0 Å². The van der Waals surface area contributed by atoms with Crippen molar-refractivity contribution in [2.24, 2.45) is 0 Å². The number of carbonyl (C=O) groups excluding carboxylic acids is 2. The SMILES string of the molecule is O=CN1CCN(C(=O)c2ccccc2Cl)CC1. The second-order valence-corrected chi connectivity index (χ2v) is 4.32. The standard InChI is InChI=1S/C12H13ClN2O2/c13-11-4-2-1-3-10(11)12(17)15-7-5-14(9-16)6-8-15/h1-4,9H,5-8H2. The van der Waals surface area contributed by atoms with Crippen LogP contribution in [0.25, 0.3) is 0 Å². The van der Waals surface area contributed by atoms with Crippen molar-refractivity contribution < 1.29 is 9.59 Å². The van der Waals surface area contributed by atoms with Crippen molar-refractivity contribution in [2.75, 3.05) is 26.2 Å². The average molecular weight is 253 g/mol. The van der Waals surface area contributed by atoms with E-state index in [1.165, 1.54) is 0 Å². The largest absolute Gasteiger partial charge is 0.342 e. The monoisotopic (exact) mass is 252 g/mol. The number of benzene rings is 1. The van der Waals surface area contributed by atoms with Crippen molar-refractivity contribution in [3.63, 3.8) is 0 Å². The Labute approximate surface area is 105 Å². The van der Waals surface area contributed by atoms with Gasteiger partial charge in [-0.3, -0.25) is 9.59 Å². The minimum absolute atomic E-state index is 0.0684. The smallest absolute Gasteiger partial charge is 0.255 e. The Morgan fingerprint density at radius 3 is 2.41 bits per heavy atom. The molecule has 17 heavy (non-hydrogen) atoms. The van der Waals surface area contributed by atoms with Gasteiger partial charge in [-0.25, -0.2) is 0 Å². The summed E-state index contributed by atoms with van der Waals surface area (Å²) in [5.74, 6) is -0.0684. The molecular weight excluding hydrogens is 240 g/mol. The van der Waals surface area contributed by atoms with Crippen LogP contribution in [0.15, 0.2) is 24.3 Å². The zero-order chi connectivity index (χ0) is 12.3. The van der Waals surface area contributed by atoms with Gasteiger partial charge in [0.05, 0.1) is 10.6 Å². The van der Waals surface area contributed by atoms with Gasteiger partial charge in [0.15, 0.2) is 0 Å². The third kappa shape index (κ3) is 2.58. The number of amides is 2. The van der Waals surface area contributed by atoms with Gasteiger partial charge in [0.25, 0.3) is 5.91 Å². The molecule has 0 aromatic heterocycles. The Morgan fingerprint density at radius 2 is 1.82 bits per heavy atom. The maximum Gasteiger partial charge on any atom is 0.255 e. The third-order valence-corrected chi connectivity index (χ3v) is 3.18. The Morgan fingerprint density at radius 1 is 1.18 bits per heavy atom. The van der Waals surface area contributed by atoms with Crippen molar-refractivity contribution in [1.29, 1.82) is 0 Å². The van der Waals surface area contributed by atoms with E-state index >= 15 is 0 Å². The molecule has 2 amide bonds. The summed E-state index contributed by atoms with van der Waals surface area (Å²) in [6.07, 6.45) is 0.817. The van der Waals surface area contributed by atoms with Gasteiger partial charge in [-0.05, 0) is 12.1 Å². The van der Waals surface area contributed by atoms with Crippen molar-refractivity contribution in [3.8, 4) is 0 Å². The van der Waals surface area contributed by atoms with Crippen molar-refractivity contribution in [2.45, 2.75) is 0 Å². The predicted molar refractivity (Wildman–Crippen MR) is 65.0 cm³/mol. The summed E-state index contributed by atoms with van der Waals surface area (Å²) in [5.41, 5.74) is 0.522. The molecule has 0 unspecified atom stereocenters. The number of rotatable bonds is 2. The molecule has 1 saturated heterocycles. The van der Waals surface area contributed by atoms with Crippen molar-refractivity contribution >= 4 is 23.9 Å². The van der Waals surface area contributed by atoms with Crippen LogP contribution >= 0.6 is 11.6 Å². The summed E-state index contributed by atoms with van der Waals surface area (Å²) in [6.45, 7) is 2.28. The predicted octanol–water partition coefficient (Wildman–Crippen LogP) is 1.25. The lowest BCUT2D eigenvalue weighted by Crippen LogP contribution is -2.48. The van der Waals surface area contributed by atoms with E-state index in [-0.39, 0.29) is 5.91 Å². The molecule has 0 spiro atoms. The van der Waals surface area contributed by atoms with Crippen LogP contribution in [0.3, 0.4) is 0 Å². The summed E-state index contributed by atoms with van der Waals surface area (Å²) >= 11 is 5.98. The normalized spacial score (nSPS) is 15.8. The molecular formula is C12H13ClN2O2. The maximum atomic E-state index is 12.2. The molecule has 2 rings (SSSR count).